The Balaban J connectivity index is 2.75. The zero-order valence-corrected chi connectivity index (χ0v) is 18.8. The van der Waals surface area contributed by atoms with Crippen molar-refractivity contribution < 1.29 is 42.9 Å². The maximum Gasteiger partial charge on any atom is 0.408 e. The van der Waals surface area contributed by atoms with Crippen LogP contribution in [0.15, 0.2) is 12.2 Å². The molecule has 1 heterocycles. The smallest absolute Gasteiger partial charge is 0.408 e. The molecule has 11 heteroatoms. The minimum Gasteiger partial charge on any atom is -0.467 e. The molecule has 10 nitrogen and oxygen atoms in total. The molecule has 0 fully saturated rings. The van der Waals surface area contributed by atoms with Crippen LogP contribution < -0.4 is 5.32 Å². The van der Waals surface area contributed by atoms with Crippen molar-refractivity contribution in [3.05, 3.63) is 12.2 Å². The Morgan fingerprint density at radius 3 is 2.33 bits per heavy atom. The fourth-order valence-electron chi connectivity index (χ4n) is 2.31. The highest BCUT2D eigenvalue weighted by Gasteiger charge is 2.32. The summed E-state index contributed by atoms with van der Waals surface area (Å²) >= 11 is 1.21. The van der Waals surface area contributed by atoms with Gasteiger partial charge in [-0.15, -0.1) is 11.8 Å². The molecule has 1 N–H and O–H groups in total. The maximum absolute atomic E-state index is 12.0. The molecule has 4 atom stereocenters. The Hall–Kier alpha value is -2.27. The fraction of sp³-hybridized carbons (Fsp3) is 0.684. The van der Waals surface area contributed by atoms with Crippen LogP contribution in [0.2, 0.25) is 0 Å². The number of carbonyl (C=O) groups excluding carboxylic acids is 4. The van der Waals surface area contributed by atoms with Crippen LogP contribution >= 0.6 is 11.8 Å². The minimum absolute atomic E-state index is 0.106. The molecular formula is C19H29NO9S. The van der Waals surface area contributed by atoms with Crippen molar-refractivity contribution in [1.82, 2.24) is 5.32 Å². The number of thioether (sulfide) groups is 1. The first-order valence-corrected chi connectivity index (χ1v) is 10.3. The highest BCUT2D eigenvalue weighted by atomic mass is 32.2. The summed E-state index contributed by atoms with van der Waals surface area (Å²) in [5.41, 5.74) is -1.26. The normalized spacial score (nSPS) is 21.9. The molecule has 0 spiro atoms. The Morgan fingerprint density at radius 2 is 1.80 bits per heavy atom. The molecule has 0 radical (unpaired) electrons. The standard InChI is InChI=1S/C19H29NO9S/c1-11(21)26-9-15-14(27-12(2)22)7-8-16(28-15)30-10-13(17(23)25-6)20-18(24)29-19(3,4)5/h7-8,13-16H,9-10H2,1-6H3,(H,20,24)/t13?,14-,15?,16?/m0/s1. The van der Waals surface area contributed by atoms with E-state index in [9.17, 15) is 19.2 Å². The zero-order chi connectivity index (χ0) is 22.9. The summed E-state index contributed by atoms with van der Waals surface area (Å²) in [6.07, 6.45) is 1.11. The molecule has 1 aliphatic rings. The average molecular weight is 448 g/mol. The number of nitrogens with one attached hydrogen (secondary N) is 1. The van der Waals surface area contributed by atoms with E-state index in [-0.39, 0.29) is 12.4 Å². The third kappa shape index (κ3) is 9.97. The summed E-state index contributed by atoms with van der Waals surface area (Å²) in [5, 5.41) is 2.48. The number of esters is 3. The molecule has 1 rings (SSSR count). The second-order valence-corrected chi connectivity index (χ2v) is 8.49. The van der Waals surface area contributed by atoms with Crippen molar-refractivity contribution in [3.63, 3.8) is 0 Å². The minimum atomic E-state index is -0.968. The Kier molecular flexibility index (Phi) is 10.1. The highest BCUT2D eigenvalue weighted by molar-refractivity contribution is 8.00. The van der Waals surface area contributed by atoms with Crippen molar-refractivity contribution in [3.8, 4) is 0 Å². The number of rotatable bonds is 8. The number of methoxy groups -OCH3 is 1. The van der Waals surface area contributed by atoms with E-state index in [4.69, 9.17) is 23.7 Å². The van der Waals surface area contributed by atoms with Gasteiger partial charge in [0.05, 0.1) is 7.11 Å². The number of hydrogen-bond acceptors (Lipinski definition) is 10. The van der Waals surface area contributed by atoms with Crippen LogP contribution in [0.25, 0.3) is 0 Å². The van der Waals surface area contributed by atoms with Gasteiger partial charge in [0.15, 0.2) is 0 Å². The van der Waals surface area contributed by atoms with E-state index in [1.165, 1.54) is 32.7 Å². The summed E-state index contributed by atoms with van der Waals surface area (Å²) in [6, 6.07) is -0.968. The van der Waals surface area contributed by atoms with Crippen LogP contribution in [0.1, 0.15) is 34.6 Å². The zero-order valence-electron chi connectivity index (χ0n) is 18.0. The first-order chi connectivity index (χ1) is 13.9. The number of ether oxygens (including phenoxy) is 5. The highest BCUT2D eigenvalue weighted by Crippen LogP contribution is 2.25. The Morgan fingerprint density at radius 1 is 1.13 bits per heavy atom. The fourth-order valence-corrected chi connectivity index (χ4v) is 3.33. The van der Waals surface area contributed by atoms with E-state index in [2.05, 4.69) is 5.32 Å². The molecule has 3 unspecified atom stereocenters. The number of amides is 1. The first-order valence-electron chi connectivity index (χ1n) is 9.24. The lowest BCUT2D eigenvalue weighted by molar-refractivity contribution is -0.160. The topological polar surface area (TPSA) is 126 Å². The van der Waals surface area contributed by atoms with Crippen LogP contribution in [0.5, 0.6) is 0 Å². The van der Waals surface area contributed by atoms with Crippen molar-refractivity contribution in [2.24, 2.45) is 0 Å². The predicted octanol–water partition coefficient (Wildman–Crippen LogP) is 1.56. The Bertz CT molecular complexity index is 659. The number of carbonyl (C=O) groups is 4. The monoisotopic (exact) mass is 447 g/mol. The van der Waals surface area contributed by atoms with Crippen molar-refractivity contribution in [1.29, 1.82) is 0 Å². The summed E-state index contributed by atoms with van der Waals surface area (Å²) in [7, 11) is 1.21. The van der Waals surface area contributed by atoms with E-state index >= 15 is 0 Å². The van der Waals surface area contributed by atoms with Crippen molar-refractivity contribution >= 4 is 35.8 Å². The van der Waals surface area contributed by atoms with Gasteiger partial charge in [-0.25, -0.2) is 9.59 Å². The average Bonchev–Trinajstić information content (AvgIpc) is 2.62. The molecule has 0 aromatic heterocycles. The van der Waals surface area contributed by atoms with E-state index in [0.29, 0.717) is 0 Å². The van der Waals surface area contributed by atoms with Gasteiger partial charge in [-0.05, 0) is 32.9 Å². The maximum atomic E-state index is 12.0. The van der Waals surface area contributed by atoms with Crippen molar-refractivity contribution in [2.75, 3.05) is 19.5 Å². The molecule has 0 aromatic rings. The third-order valence-electron chi connectivity index (χ3n) is 3.49. The molecule has 1 aliphatic heterocycles. The van der Waals surface area contributed by atoms with Gasteiger partial charge >= 0.3 is 24.0 Å². The second-order valence-electron chi connectivity index (χ2n) is 7.36. The van der Waals surface area contributed by atoms with Gasteiger partial charge in [-0.3, -0.25) is 9.59 Å². The van der Waals surface area contributed by atoms with Crippen LogP contribution in [0.4, 0.5) is 4.79 Å². The molecule has 0 aliphatic carbocycles. The molecular weight excluding hydrogens is 418 g/mol. The van der Waals surface area contributed by atoms with E-state index in [1.807, 2.05) is 0 Å². The van der Waals surface area contributed by atoms with Crippen LogP contribution in [0.3, 0.4) is 0 Å². The predicted molar refractivity (Wildman–Crippen MR) is 108 cm³/mol. The van der Waals surface area contributed by atoms with Gasteiger partial charge < -0.3 is 29.0 Å². The van der Waals surface area contributed by atoms with Crippen LogP contribution in [-0.4, -0.2) is 72.8 Å². The summed E-state index contributed by atoms with van der Waals surface area (Å²) < 4.78 is 25.9. The summed E-state index contributed by atoms with van der Waals surface area (Å²) in [5.74, 6) is -1.51. The second kappa shape index (κ2) is 11.8. The molecule has 0 bridgehead atoms. The van der Waals surface area contributed by atoms with Gasteiger partial charge in [-0.1, -0.05) is 0 Å². The van der Waals surface area contributed by atoms with E-state index < -0.39 is 53.3 Å². The van der Waals surface area contributed by atoms with E-state index in [0.717, 1.165) is 0 Å². The lowest BCUT2D eigenvalue weighted by Gasteiger charge is -2.31. The largest absolute Gasteiger partial charge is 0.467 e. The van der Waals surface area contributed by atoms with Gasteiger partial charge in [0.25, 0.3) is 0 Å². The van der Waals surface area contributed by atoms with Gasteiger partial charge in [0.2, 0.25) is 0 Å². The lowest BCUT2D eigenvalue weighted by atomic mass is 10.1. The third-order valence-corrected chi connectivity index (χ3v) is 4.61. The van der Waals surface area contributed by atoms with Crippen molar-refractivity contribution in [2.45, 2.75) is 63.9 Å². The van der Waals surface area contributed by atoms with Crippen LogP contribution in [0, 0.1) is 0 Å². The number of alkyl carbamates (subject to hydrolysis) is 1. The quantitative estimate of drug-likeness (QED) is 0.333. The molecule has 0 aromatic carbocycles. The van der Waals surface area contributed by atoms with Gasteiger partial charge in [0, 0.05) is 19.6 Å². The molecule has 0 saturated heterocycles. The summed E-state index contributed by atoms with van der Waals surface area (Å²) in [6.45, 7) is 7.54. The van der Waals surface area contributed by atoms with Gasteiger partial charge in [-0.2, -0.15) is 0 Å². The van der Waals surface area contributed by atoms with Gasteiger partial charge in [0.1, 0.15) is 35.9 Å². The molecule has 1 amide bonds. The van der Waals surface area contributed by atoms with Crippen LogP contribution in [-0.2, 0) is 38.1 Å². The molecule has 0 saturated carbocycles. The SMILES string of the molecule is COC(=O)C(CSC1C=C[C@H](OC(C)=O)C(COC(C)=O)O1)NC(=O)OC(C)(C)C. The summed E-state index contributed by atoms with van der Waals surface area (Å²) in [4.78, 5) is 46.4. The molecule has 170 valence electrons. The van der Waals surface area contributed by atoms with E-state index in [1.54, 1.807) is 32.9 Å². The Labute approximate surface area is 179 Å². The molecule has 30 heavy (non-hydrogen) atoms. The number of hydrogen-bond donors (Lipinski definition) is 1. The lowest BCUT2D eigenvalue weighted by Crippen LogP contribution is -2.46. The first kappa shape index (κ1) is 25.8.